The van der Waals surface area contributed by atoms with Gasteiger partial charge in [-0.1, -0.05) is 6.07 Å². The Labute approximate surface area is 131 Å². The second kappa shape index (κ2) is 6.71. The third kappa shape index (κ3) is 3.28. The number of carbonyl (C=O) groups is 2. The van der Waals surface area contributed by atoms with Crippen LogP contribution in [-0.4, -0.2) is 29.8 Å². The first-order valence-electron chi connectivity index (χ1n) is 6.62. The van der Waals surface area contributed by atoms with Crippen molar-refractivity contribution in [2.24, 2.45) is 0 Å². The van der Waals surface area contributed by atoms with E-state index in [1.165, 1.54) is 18.2 Å². The van der Waals surface area contributed by atoms with Crippen molar-refractivity contribution in [2.45, 2.75) is 13.8 Å². The molecule has 1 aliphatic carbocycles. The van der Waals surface area contributed by atoms with E-state index in [0.29, 0.717) is 10.4 Å². The highest BCUT2D eigenvalue weighted by Gasteiger charge is 2.36. The highest BCUT2D eigenvalue weighted by molar-refractivity contribution is 7.73. The molecule has 0 atom stereocenters. The predicted octanol–water partition coefficient (Wildman–Crippen LogP) is 3.96. The molecule has 1 heterocycles. The maximum absolute atomic E-state index is 12.5. The number of hydrogen-bond donors (Lipinski definition) is 1. The third-order valence-corrected chi connectivity index (χ3v) is 6.02. The van der Waals surface area contributed by atoms with Gasteiger partial charge in [0.15, 0.2) is 0 Å². The number of rotatable bonds is 7. The Balaban J connectivity index is 2.41. The van der Waals surface area contributed by atoms with Crippen molar-refractivity contribution in [3.05, 3.63) is 34.7 Å². The number of carboxylic acids is 1. The normalized spacial score (nSPS) is 11.7. The van der Waals surface area contributed by atoms with Crippen LogP contribution in [-0.2, 0) is 13.6 Å². The average molecular weight is 342 g/mol. The SMILES string of the molecule is CCOP(=O)(OCC)C(=O)c1ccc2cc(C(=O)O)cc-2s1. The Morgan fingerprint density at radius 3 is 2.36 bits per heavy atom. The average Bonchev–Trinajstić information content (AvgIpc) is 2.90. The summed E-state index contributed by atoms with van der Waals surface area (Å²) in [6.07, 6.45) is 0. The summed E-state index contributed by atoms with van der Waals surface area (Å²) in [5, 5.41) is 8.99. The lowest BCUT2D eigenvalue weighted by atomic mass is 10.3. The highest BCUT2D eigenvalue weighted by Crippen LogP contribution is 2.52. The maximum Gasteiger partial charge on any atom is 0.402 e. The zero-order chi connectivity index (χ0) is 16.3. The predicted molar refractivity (Wildman–Crippen MR) is 83.1 cm³/mol. The van der Waals surface area contributed by atoms with Crippen LogP contribution in [0.1, 0.15) is 33.9 Å². The van der Waals surface area contributed by atoms with Crippen LogP contribution in [0.15, 0.2) is 24.3 Å². The first-order chi connectivity index (χ1) is 10.4. The molecule has 0 amide bonds. The molecule has 0 aromatic heterocycles. The Bertz CT molecular complexity index is 712. The van der Waals surface area contributed by atoms with Crippen LogP contribution in [0.4, 0.5) is 0 Å². The van der Waals surface area contributed by atoms with E-state index in [1.54, 1.807) is 19.9 Å². The van der Waals surface area contributed by atoms with Gasteiger partial charge in [-0.2, -0.15) is 0 Å². The van der Waals surface area contributed by atoms with E-state index in [0.717, 1.165) is 11.3 Å². The van der Waals surface area contributed by atoms with E-state index in [-0.39, 0.29) is 23.7 Å². The largest absolute Gasteiger partial charge is 0.478 e. The van der Waals surface area contributed by atoms with E-state index in [9.17, 15) is 14.2 Å². The van der Waals surface area contributed by atoms with Crippen molar-refractivity contribution in [1.82, 2.24) is 0 Å². The van der Waals surface area contributed by atoms with Gasteiger partial charge >= 0.3 is 13.6 Å². The lowest BCUT2D eigenvalue weighted by molar-refractivity contribution is 0.0697. The smallest absolute Gasteiger partial charge is 0.402 e. The second-order valence-corrected chi connectivity index (χ2v) is 7.31. The van der Waals surface area contributed by atoms with Crippen LogP contribution in [0.3, 0.4) is 0 Å². The molecule has 8 heteroatoms. The molecule has 1 N–H and O–H groups in total. The van der Waals surface area contributed by atoms with Crippen molar-refractivity contribution in [3.8, 4) is 10.4 Å². The van der Waals surface area contributed by atoms with E-state index >= 15 is 0 Å². The molecule has 6 nitrogen and oxygen atoms in total. The van der Waals surface area contributed by atoms with Gasteiger partial charge in [0.25, 0.3) is 5.52 Å². The molecule has 0 fully saturated rings. The van der Waals surface area contributed by atoms with Crippen LogP contribution in [0.2, 0.25) is 0 Å². The lowest BCUT2D eigenvalue weighted by Crippen LogP contribution is -2.06. The van der Waals surface area contributed by atoms with Gasteiger partial charge in [0.2, 0.25) is 0 Å². The molecule has 22 heavy (non-hydrogen) atoms. The summed E-state index contributed by atoms with van der Waals surface area (Å²) in [7, 11) is -3.87. The minimum Gasteiger partial charge on any atom is -0.478 e. The molecule has 0 aromatic carbocycles. The Morgan fingerprint density at radius 2 is 1.82 bits per heavy atom. The summed E-state index contributed by atoms with van der Waals surface area (Å²) in [5.74, 6) is -1.04. The van der Waals surface area contributed by atoms with Crippen LogP contribution in [0.25, 0.3) is 10.4 Å². The summed E-state index contributed by atoms with van der Waals surface area (Å²) >= 11 is 1.07. The minimum atomic E-state index is -3.87. The summed E-state index contributed by atoms with van der Waals surface area (Å²) in [6.45, 7) is 3.44. The molecule has 0 bridgehead atoms. The number of aromatic carboxylic acids is 1. The zero-order valence-electron chi connectivity index (χ0n) is 12.1. The fourth-order valence-electron chi connectivity index (χ4n) is 1.91. The summed E-state index contributed by atoms with van der Waals surface area (Å²) in [4.78, 5) is 24.2. The van der Waals surface area contributed by atoms with E-state index in [4.69, 9.17) is 14.2 Å². The maximum atomic E-state index is 12.5. The van der Waals surface area contributed by atoms with Crippen molar-refractivity contribution < 1.29 is 28.3 Å². The van der Waals surface area contributed by atoms with Gasteiger partial charge in [0, 0.05) is 4.88 Å². The molecule has 0 spiro atoms. The molecular weight excluding hydrogens is 327 g/mol. The Kier molecular flexibility index (Phi) is 5.13. The van der Waals surface area contributed by atoms with E-state index < -0.39 is 19.1 Å². The molecule has 2 rings (SSSR count). The second-order valence-electron chi connectivity index (χ2n) is 4.31. The van der Waals surface area contributed by atoms with Crippen LogP contribution < -0.4 is 0 Å². The van der Waals surface area contributed by atoms with Crippen LogP contribution in [0, 0.1) is 0 Å². The Hall–Kier alpha value is -1.53. The standard InChI is InChI=1S/C14H15O6PS/c1-3-19-21(18,20-4-2)14(17)11-6-5-9-7-10(13(15)16)8-12(9)22-11/h5-8H,3-4H2,1-2H3,(H,15,16). The molecule has 0 aromatic rings. The lowest BCUT2D eigenvalue weighted by Gasteiger charge is -2.15. The van der Waals surface area contributed by atoms with Crippen molar-refractivity contribution in [3.63, 3.8) is 0 Å². The van der Waals surface area contributed by atoms with Gasteiger partial charge in [-0.3, -0.25) is 9.36 Å². The quantitative estimate of drug-likeness (QED) is 0.766. The first kappa shape index (κ1) is 16.8. The molecule has 0 radical (unpaired) electrons. The summed E-state index contributed by atoms with van der Waals surface area (Å²) in [6, 6.07) is 6.12. The molecule has 0 saturated carbocycles. The minimum absolute atomic E-state index is 0.0927. The van der Waals surface area contributed by atoms with E-state index in [2.05, 4.69) is 0 Å². The molecule has 1 aliphatic heterocycles. The van der Waals surface area contributed by atoms with Gasteiger partial charge in [0.1, 0.15) is 0 Å². The fraction of sp³-hybridized carbons (Fsp3) is 0.286. The van der Waals surface area contributed by atoms with Crippen LogP contribution >= 0.6 is 18.9 Å². The summed E-state index contributed by atoms with van der Waals surface area (Å²) < 4.78 is 22.6. The fourth-order valence-corrected chi connectivity index (χ4v) is 4.61. The van der Waals surface area contributed by atoms with Gasteiger partial charge in [0.05, 0.1) is 23.7 Å². The molecular formula is C14H15O6PS. The number of carboxylic acid groups (broad SMARTS) is 1. The number of hydrogen-bond acceptors (Lipinski definition) is 6. The monoisotopic (exact) mass is 342 g/mol. The number of carbonyl (C=O) groups excluding carboxylic acids is 1. The topological polar surface area (TPSA) is 89.9 Å². The van der Waals surface area contributed by atoms with Crippen molar-refractivity contribution >= 4 is 30.4 Å². The zero-order valence-corrected chi connectivity index (χ0v) is 13.8. The van der Waals surface area contributed by atoms with Gasteiger partial charge in [-0.25, -0.2) is 4.79 Å². The van der Waals surface area contributed by atoms with Gasteiger partial charge < -0.3 is 14.2 Å². The molecule has 0 unspecified atom stereocenters. The molecule has 118 valence electrons. The van der Waals surface area contributed by atoms with Crippen molar-refractivity contribution in [1.29, 1.82) is 0 Å². The van der Waals surface area contributed by atoms with Gasteiger partial charge in [-0.15, -0.1) is 11.3 Å². The Morgan fingerprint density at radius 1 is 1.18 bits per heavy atom. The molecule has 2 aliphatic rings. The van der Waals surface area contributed by atoms with Crippen LogP contribution in [0.5, 0.6) is 0 Å². The summed E-state index contributed by atoms with van der Waals surface area (Å²) in [5.41, 5.74) is 0.149. The van der Waals surface area contributed by atoms with Gasteiger partial charge in [-0.05, 0) is 37.6 Å². The van der Waals surface area contributed by atoms with Crippen molar-refractivity contribution in [2.75, 3.05) is 13.2 Å². The highest BCUT2D eigenvalue weighted by atomic mass is 32.1. The third-order valence-electron chi connectivity index (χ3n) is 2.82. The van der Waals surface area contributed by atoms with E-state index in [1.807, 2.05) is 0 Å². The first-order valence-corrected chi connectivity index (χ1v) is 8.98. The number of fused-ring (bicyclic) bond motifs is 1. The molecule has 0 saturated heterocycles.